The van der Waals surface area contributed by atoms with Gasteiger partial charge in [-0.1, -0.05) is 12.1 Å². The van der Waals surface area contributed by atoms with Crippen LogP contribution in [0.4, 0.5) is 10.1 Å². The second-order valence-electron chi connectivity index (χ2n) is 8.46. The third-order valence-corrected chi connectivity index (χ3v) is 6.67. The number of halogens is 1. The van der Waals surface area contributed by atoms with E-state index in [4.69, 9.17) is 0 Å². The smallest absolute Gasteiger partial charge is 0.245 e. The topological polar surface area (TPSA) is 76.7 Å². The molecule has 2 saturated heterocycles. The summed E-state index contributed by atoms with van der Waals surface area (Å²) >= 11 is 0. The van der Waals surface area contributed by atoms with E-state index in [9.17, 15) is 14.0 Å². The van der Waals surface area contributed by atoms with Crippen molar-refractivity contribution < 1.29 is 14.0 Å². The summed E-state index contributed by atoms with van der Waals surface area (Å²) in [6, 6.07) is 4.76. The maximum Gasteiger partial charge on any atom is 0.245 e. The van der Waals surface area contributed by atoms with E-state index in [1.807, 2.05) is 22.9 Å². The minimum absolute atomic E-state index is 0.0114. The first kappa shape index (κ1) is 17.9. The SMILES string of the molecule is CN(C(=O)C1NNC2CCN(C(=O)C3Cc4cccc(F)c4N3)CC21)C1CC1. The number of likely N-dealkylation sites (tertiary alicyclic amines) is 1. The Labute approximate surface area is 163 Å². The molecular weight excluding hydrogens is 361 g/mol. The van der Waals surface area contributed by atoms with E-state index in [1.54, 1.807) is 6.07 Å². The van der Waals surface area contributed by atoms with Gasteiger partial charge in [-0.05, 0) is 30.9 Å². The lowest BCUT2D eigenvalue weighted by molar-refractivity contribution is -0.137. The molecule has 3 heterocycles. The van der Waals surface area contributed by atoms with Crippen molar-refractivity contribution in [2.75, 3.05) is 25.5 Å². The summed E-state index contributed by atoms with van der Waals surface area (Å²) < 4.78 is 14.0. The number of anilines is 1. The summed E-state index contributed by atoms with van der Waals surface area (Å²) in [5.74, 6) is -0.177. The Morgan fingerprint density at radius 2 is 2.04 bits per heavy atom. The molecule has 8 heteroatoms. The van der Waals surface area contributed by atoms with Crippen LogP contribution in [0, 0.1) is 11.7 Å². The summed E-state index contributed by atoms with van der Waals surface area (Å²) in [7, 11) is 1.87. The summed E-state index contributed by atoms with van der Waals surface area (Å²) in [5.41, 5.74) is 7.71. The Morgan fingerprint density at radius 3 is 2.79 bits per heavy atom. The third kappa shape index (κ3) is 2.95. The fraction of sp³-hybridized carbons (Fsp3) is 0.600. The summed E-state index contributed by atoms with van der Waals surface area (Å²) in [5, 5.41) is 3.06. The summed E-state index contributed by atoms with van der Waals surface area (Å²) in [4.78, 5) is 29.7. The number of fused-ring (bicyclic) bond motifs is 2. The molecule has 4 unspecified atom stereocenters. The van der Waals surface area contributed by atoms with Crippen molar-refractivity contribution >= 4 is 17.5 Å². The van der Waals surface area contributed by atoms with Gasteiger partial charge in [0, 0.05) is 44.6 Å². The zero-order valence-electron chi connectivity index (χ0n) is 16.0. The molecule has 5 rings (SSSR count). The van der Waals surface area contributed by atoms with E-state index in [0.717, 1.165) is 24.8 Å². The molecule has 3 N–H and O–H groups in total. The molecule has 2 amide bonds. The van der Waals surface area contributed by atoms with Crippen molar-refractivity contribution in [3.05, 3.63) is 29.6 Å². The lowest BCUT2D eigenvalue weighted by Crippen LogP contribution is -2.54. The van der Waals surface area contributed by atoms with Gasteiger partial charge in [-0.3, -0.25) is 15.0 Å². The normalized spacial score (nSPS) is 31.1. The van der Waals surface area contributed by atoms with Gasteiger partial charge in [-0.25, -0.2) is 9.82 Å². The first-order valence-electron chi connectivity index (χ1n) is 10.1. The van der Waals surface area contributed by atoms with Crippen LogP contribution in [0.15, 0.2) is 18.2 Å². The number of carbonyl (C=O) groups is 2. The Balaban J connectivity index is 1.27. The molecule has 0 spiro atoms. The maximum absolute atomic E-state index is 14.0. The van der Waals surface area contributed by atoms with Crippen LogP contribution < -0.4 is 16.2 Å². The predicted octanol–water partition coefficient (Wildman–Crippen LogP) is 0.477. The molecule has 150 valence electrons. The molecular formula is C20H26FN5O2. The van der Waals surface area contributed by atoms with Crippen molar-refractivity contribution in [2.24, 2.45) is 5.92 Å². The number of nitrogens with zero attached hydrogens (tertiary/aromatic N) is 2. The van der Waals surface area contributed by atoms with Crippen LogP contribution in [0.2, 0.25) is 0 Å². The number of carbonyl (C=O) groups excluding carboxylic acids is 2. The van der Waals surface area contributed by atoms with Crippen LogP contribution in [-0.2, 0) is 16.0 Å². The molecule has 28 heavy (non-hydrogen) atoms. The molecule has 7 nitrogen and oxygen atoms in total. The Hall–Kier alpha value is -2.19. The van der Waals surface area contributed by atoms with Gasteiger partial charge in [0.25, 0.3) is 0 Å². The maximum atomic E-state index is 14.0. The van der Waals surface area contributed by atoms with E-state index >= 15 is 0 Å². The molecule has 1 saturated carbocycles. The Morgan fingerprint density at radius 1 is 1.21 bits per heavy atom. The number of nitrogens with one attached hydrogen (secondary N) is 3. The number of amides is 2. The number of hydrogen-bond acceptors (Lipinski definition) is 5. The van der Waals surface area contributed by atoms with Gasteiger partial charge in [-0.15, -0.1) is 0 Å². The van der Waals surface area contributed by atoms with E-state index < -0.39 is 6.04 Å². The van der Waals surface area contributed by atoms with Crippen molar-refractivity contribution in [1.82, 2.24) is 20.7 Å². The number of hydrogen-bond donors (Lipinski definition) is 3. The van der Waals surface area contributed by atoms with Gasteiger partial charge < -0.3 is 15.1 Å². The quantitative estimate of drug-likeness (QED) is 0.703. The van der Waals surface area contributed by atoms with E-state index in [2.05, 4.69) is 16.2 Å². The summed E-state index contributed by atoms with van der Waals surface area (Å²) in [6.45, 7) is 1.18. The fourth-order valence-corrected chi connectivity index (χ4v) is 4.82. The number of rotatable bonds is 3. The molecule has 4 aliphatic rings. The van der Waals surface area contributed by atoms with Crippen LogP contribution in [0.1, 0.15) is 24.8 Å². The lowest BCUT2D eigenvalue weighted by atomic mass is 9.87. The molecule has 4 atom stereocenters. The zero-order chi connectivity index (χ0) is 19.4. The molecule has 0 bridgehead atoms. The average Bonchev–Trinajstić information content (AvgIpc) is 3.31. The highest BCUT2D eigenvalue weighted by molar-refractivity contribution is 5.88. The van der Waals surface area contributed by atoms with Crippen molar-refractivity contribution in [1.29, 1.82) is 0 Å². The van der Waals surface area contributed by atoms with E-state index in [0.29, 0.717) is 31.2 Å². The number of hydrazine groups is 1. The van der Waals surface area contributed by atoms with Crippen molar-refractivity contribution in [3.8, 4) is 0 Å². The minimum Gasteiger partial charge on any atom is -0.371 e. The summed E-state index contributed by atoms with van der Waals surface area (Å²) in [6.07, 6.45) is 3.45. The molecule has 1 aliphatic carbocycles. The van der Waals surface area contributed by atoms with Gasteiger partial charge in [0.2, 0.25) is 11.8 Å². The van der Waals surface area contributed by atoms with Gasteiger partial charge in [0.1, 0.15) is 17.9 Å². The molecule has 3 aliphatic heterocycles. The lowest BCUT2D eigenvalue weighted by Gasteiger charge is -2.37. The van der Waals surface area contributed by atoms with Crippen LogP contribution >= 0.6 is 0 Å². The largest absolute Gasteiger partial charge is 0.371 e. The van der Waals surface area contributed by atoms with Crippen LogP contribution in [0.5, 0.6) is 0 Å². The highest BCUT2D eigenvalue weighted by atomic mass is 19.1. The molecule has 1 aromatic carbocycles. The predicted molar refractivity (Wildman–Crippen MR) is 102 cm³/mol. The average molecular weight is 387 g/mol. The van der Waals surface area contributed by atoms with Crippen molar-refractivity contribution in [3.63, 3.8) is 0 Å². The van der Waals surface area contributed by atoms with Crippen LogP contribution in [0.25, 0.3) is 0 Å². The number of piperidine rings is 1. The van der Waals surface area contributed by atoms with Gasteiger partial charge in [-0.2, -0.15) is 0 Å². The third-order valence-electron chi connectivity index (χ3n) is 6.67. The molecule has 0 aromatic heterocycles. The monoisotopic (exact) mass is 387 g/mol. The van der Waals surface area contributed by atoms with Gasteiger partial charge in [0.15, 0.2) is 0 Å². The number of para-hydroxylation sites is 1. The highest BCUT2D eigenvalue weighted by Gasteiger charge is 2.47. The molecule has 0 radical (unpaired) electrons. The zero-order valence-corrected chi connectivity index (χ0v) is 16.0. The van der Waals surface area contributed by atoms with Crippen LogP contribution in [-0.4, -0.2) is 65.9 Å². The first-order chi connectivity index (χ1) is 13.5. The number of likely N-dealkylation sites (N-methyl/N-ethyl adjacent to an activating group) is 1. The van der Waals surface area contributed by atoms with E-state index in [-0.39, 0.29) is 35.6 Å². The van der Waals surface area contributed by atoms with Gasteiger partial charge >= 0.3 is 0 Å². The molecule has 3 fully saturated rings. The molecule has 1 aromatic rings. The van der Waals surface area contributed by atoms with Crippen LogP contribution in [0.3, 0.4) is 0 Å². The standard InChI is InChI=1S/C20H26FN5O2/c1-25(12-5-6-12)20(28)18-13-10-26(8-7-15(13)23-24-18)19(27)16-9-11-3-2-4-14(21)17(11)22-16/h2-4,12-13,15-16,18,22-24H,5-10H2,1H3. The second-order valence-corrected chi connectivity index (χ2v) is 8.46. The van der Waals surface area contributed by atoms with E-state index in [1.165, 1.54) is 6.07 Å². The van der Waals surface area contributed by atoms with Crippen molar-refractivity contribution in [2.45, 2.75) is 49.9 Å². The minimum atomic E-state index is -0.436. The fourth-order valence-electron chi connectivity index (χ4n) is 4.82. The Kier molecular flexibility index (Phi) is 4.28. The highest BCUT2D eigenvalue weighted by Crippen LogP contribution is 2.32. The first-order valence-corrected chi connectivity index (χ1v) is 10.1. The van der Waals surface area contributed by atoms with Gasteiger partial charge in [0.05, 0.1) is 5.69 Å². The number of benzene rings is 1. The second kappa shape index (κ2) is 6.70. The Bertz CT molecular complexity index is 814.